The highest BCUT2D eigenvalue weighted by atomic mass is 32.2. The second-order valence-electron chi connectivity index (χ2n) is 6.34. The number of rotatable bonds is 8. The highest BCUT2D eigenvalue weighted by Gasteiger charge is 2.27. The standard InChI is InChI=1S/C20H25NO4S/c1-4-25-20(22)19(14-16-8-6-5-7-9-16)21-26(23,24)18-12-10-17(11-13-18)15(2)3/h5-13,15,19,21H,4,14H2,1-3H3/t19-/m0/s1. The topological polar surface area (TPSA) is 72.5 Å². The summed E-state index contributed by atoms with van der Waals surface area (Å²) >= 11 is 0. The zero-order valence-corrected chi connectivity index (χ0v) is 16.1. The van der Waals surface area contributed by atoms with Crippen molar-refractivity contribution in [2.45, 2.75) is 44.0 Å². The Kier molecular flexibility index (Phi) is 6.94. The molecule has 2 aromatic rings. The molecule has 0 fully saturated rings. The van der Waals surface area contributed by atoms with Crippen LogP contribution < -0.4 is 4.72 Å². The molecular formula is C20H25NO4S. The van der Waals surface area contributed by atoms with Gasteiger partial charge in [-0.3, -0.25) is 4.79 Å². The van der Waals surface area contributed by atoms with Crippen LogP contribution in [0.5, 0.6) is 0 Å². The molecule has 2 aromatic carbocycles. The minimum atomic E-state index is -3.84. The van der Waals surface area contributed by atoms with Gasteiger partial charge >= 0.3 is 5.97 Å². The fourth-order valence-electron chi connectivity index (χ4n) is 2.55. The van der Waals surface area contributed by atoms with Gasteiger partial charge in [-0.05, 0) is 42.5 Å². The molecule has 0 saturated carbocycles. The van der Waals surface area contributed by atoms with E-state index in [0.29, 0.717) is 5.92 Å². The Balaban J connectivity index is 2.23. The Morgan fingerprint density at radius 1 is 1.04 bits per heavy atom. The number of hydrogen-bond acceptors (Lipinski definition) is 4. The summed E-state index contributed by atoms with van der Waals surface area (Å²) in [7, 11) is -3.84. The minimum absolute atomic E-state index is 0.129. The van der Waals surface area contributed by atoms with Crippen LogP contribution in [0.1, 0.15) is 37.8 Å². The molecule has 0 spiro atoms. The first-order valence-corrected chi connectivity index (χ1v) is 10.1. The predicted molar refractivity (Wildman–Crippen MR) is 101 cm³/mol. The quantitative estimate of drug-likeness (QED) is 0.719. The molecule has 0 aliphatic heterocycles. The number of ether oxygens (including phenoxy) is 1. The van der Waals surface area contributed by atoms with Crippen LogP contribution in [0.2, 0.25) is 0 Å². The average molecular weight is 375 g/mol. The highest BCUT2D eigenvalue weighted by molar-refractivity contribution is 7.89. The maximum atomic E-state index is 12.7. The van der Waals surface area contributed by atoms with Crippen molar-refractivity contribution in [1.29, 1.82) is 0 Å². The first-order chi connectivity index (χ1) is 12.3. The van der Waals surface area contributed by atoms with Gasteiger partial charge in [-0.25, -0.2) is 8.42 Å². The van der Waals surface area contributed by atoms with Crippen LogP contribution in [-0.2, 0) is 26.0 Å². The molecule has 6 heteroatoms. The summed E-state index contributed by atoms with van der Waals surface area (Å²) in [6.07, 6.45) is 0.225. The molecule has 2 rings (SSSR count). The van der Waals surface area contributed by atoms with Crippen molar-refractivity contribution in [3.8, 4) is 0 Å². The first-order valence-electron chi connectivity index (χ1n) is 8.66. The lowest BCUT2D eigenvalue weighted by molar-refractivity contribution is -0.145. The fourth-order valence-corrected chi connectivity index (χ4v) is 3.74. The Morgan fingerprint density at radius 3 is 2.19 bits per heavy atom. The fraction of sp³-hybridized carbons (Fsp3) is 0.350. The largest absolute Gasteiger partial charge is 0.465 e. The van der Waals surface area contributed by atoms with Gasteiger partial charge in [0.2, 0.25) is 10.0 Å². The Hall–Kier alpha value is -2.18. The molecule has 0 aliphatic carbocycles. The summed E-state index contributed by atoms with van der Waals surface area (Å²) in [5.41, 5.74) is 1.90. The van der Waals surface area contributed by atoms with Crippen molar-refractivity contribution >= 4 is 16.0 Å². The number of hydrogen-bond donors (Lipinski definition) is 1. The summed E-state index contributed by atoms with van der Waals surface area (Å²) < 4.78 is 32.9. The van der Waals surface area contributed by atoms with Crippen LogP contribution in [0.15, 0.2) is 59.5 Å². The summed E-state index contributed by atoms with van der Waals surface area (Å²) in [4.78, 5) is 12.4. The van der Waals surface area contributed by atoms with E-state index in [-0.39, 0.29) is 17.9 Å². The molecule has 0 aromatic heterocycles. The van der Waals surface area contributed by atoms with E-state index in [1.807, 2.05) is 44.2 Å². The SMILES string of the molecule is CCOC(=O)[C@H](Cc1ccccc1)NS(=O)(=O)c1ccc(C(C)C)cc1. The van der Waals surface area contributed by atoms with Gasteiger partial charge in [-0.15, -0.1) is 0 Å². The van der Waals surface area contributed by atoms with Crippen molar-refractivity contribution in [2.75, 3.05) is 6.61 Å². The normalized spacial score (nSPS) is 12.8. The van der Waals surface area contributed by atoms with Gasteiger partial charge in [0.05, 0.1) is 11.5 Å². The lowest BCUT2D eigenvalue weighted by atomic mass is 10.0. The summed E-state index contributed by atoms with van der Waals surface area (Å²) in [6, 6.07) is 15.0. The van der Waals surface area contributed by atoms with E-state index in [9.17, 15) is 13.2 Å². The molecule has 0 aliphatic rings. The van der Waals surface area contributed by atoms with Crippen molar-refractivity contribution in [3.05, 3.63) is 65.7 Å². The summed E-state index contributed by atoms with van der Waals surface area (Å²) in [5, 5.41) is 0. The Bertz CT molecular complexity index is 815. The minimum Gasteiger partial charge on any atom is -0.465 e. The van der Waals surface area contributed by atoms with Gasteiger partial charge in [0.25, 0.3) is 0 Å². The van der Waals surface area contributed by atoms with Gasteiger partial charge in [-0.1, -0.05) is 56.3 Å². The van der Waals surface area contributed by atoms with Crippen molar-refractivity contribution in [1.82, 2.24) is 4.72 Å². The zero-order chi connectivity index (χ0) is 19.2. The number of nitrogens with one attached hydrogen (secondary N) is 1. The van der Waals surface area contributed by atoms with Gasteiger partial charge in [0.1, 0.15) is 6.04 Å². The molecule has 0 radical (unpaired) electrons. The van der Waals surface area contributed by atoms with E-state index in [2.05, 4.69) is 4.72 Å². The van der Waals surface area contributed by atoms with Gasteiger partial charge in [-0.2, -0.15) is 4.72 Å². The Labute approximate surface area is 155 Å². The molecule has 140 valence electrons. The van der Waals surface area contributed by atoms with Crippen LogP contribution >= 0.6 is 0 Å². The molecule has 0 amide bonds. The van der Waals surface area contributed by atoms with Crippen LogP contribution in [0, 0.1) is 0 Å². The Morgan fingerprint density at radius 2 is 1.65 bits per heavy atom. The van der Waals surface area contributed by atoms with Crippen LogP contribution in [0.4, 0.5) is 0 Å². The number of esters is 1. The maximum Gasteiger partial charge on any atom is 0.324 e. The molecule has 0 unspecified atom stereocenters. The predicted octanol–water partition coefficient (Wildman–Crippen LogP) is 3.26. The molecule has 1 atom stereocenters. The van der Waals surface area contributed by atoms with E-state index in [0.717, 1.165) is 11.1 Å². The third-order valence-corrected chi connectivity index (χ3v) is 5.50. The van der Waals surface area contributed by atoms with Gasteiger partial charge < -0.3 is 4.74 Å². The monoisotopic (exact) mass is 375 g/mol. The number of carbonyl (C=O) groups is 1. The first kappa shape index (κ1) is 20.1. The van der Waals surface area contributed by atoms with E-state index in [1.54, 1.807) is 31.2 Å². The van der Waals surface area contributed by atoms with Crippen molar-refractivity contribution in [3.63, 3.8) is 0 Å². The number of benzene rings is 2. The van der Waals surface area contributed by atoms with E-state index < -0.39 is 22.0 Å². The van der Waals surface area contributed by atoms with Gasteiger partial charge in [0, 0.05) is 0 Å². The van der Waals surface area contributed by atoms with Gasteiger partial charge in [0.15, 0.2) is 0 Å². The highest BCUT2D eigenvalue weighted by Crippen LogP contribution is 2.18. The summed E-state index contributed by atoms with van der Waals surface area (Å²) in [6.45, 7) is 5.96. The third-order valence-electron chi connectivity index (χ3n) is 4.01. The molecular weight excluding hydrogens is 350 g/mol. The lowest BCUT2D eigenvalue weighted by Gasteiger charge is -2.18. The third kappa shape index (κ3) is 5.41. The number of sulfonamides is 1. The van der Waals surface area contributed by atoms with Crippen LogP contribution in [0.25, 0.3) is 0 Å². The van der Waals surface area contributed by atoms with E-state index in [1.165, 1.54) is 0 Å². The second-order valence-corrected chi connectivity index (χ2v) is 8.05. The lowest BCUT2D eigenvalue weighted by Crippen LogP contribution is -2.43. The van der Waals surface area contributed by atoms with E-state index >= 15 is 0 Å². The molecule has 5 nitrogen and oxygen atoms in total. The van der Waals surface area contributed by atoms with Crippen molar-refractivity contribution in [2.24, 2.45) is 0 Å². The molecule has 0 saturated heterocycles. The van der Waals surface area contributed by atoms with Crippen molar-refractivity contribution < 1.29 is 17.9 Å². The molecule has 1 N–H and O–H groups in total. The zero-order valence-electron chi connectivity index (χ0n) is 15.3. The summed E-state index contributed by atoms with van der Waals surface area (Å²) in [5.74, 6) is -0.274. The van der Waals surface area contributed by atoms with E-state index in [4.69, 9.17) is 4.74 Å². The molecule has 0 heterocycles. The average Bonchev–Trinajstić information content (AvgIpc) is 2.62. The molecule has 0 bridgehead atoms. The smallest absolute Gasteiger partial charge is 0.324 e. The maximum absolute atomic E-state index is 12.7. The second kappa shape index (κ2) is 8.96. The van der Waals surface area contributed by atoms with Crippen LogP contribution in [-0.4, -0.2) is 27.0 Å². The molecule has 26 heavy (non-hydrogen) atoms. The van der Waals surface area contributed by atoms with Crippen LogP contribution in [0.3, 0.4) is 0 Å². The number of carbonyl (C=O) groups excluding carboxylic acids is 1.